The van der Waals surface area contributed by atoms with E-state index in [0.717, 1.165) is 10.6 Å². The van der Waals surface area contributed by atoms with E-state index in [-0.39, 0.29) is 0 Å². The smallest absolute Gasteiger partial charge is 0.337 e. The molecule has 1 atom stereocenters. The molecule has 0 radical (unpaired) electrons. The fraction of sp³-hybridized carbons (Fsp3) is 0.250. The molecular formula is C12H12O4S. The van der Waals surface area contributed by atoms with Crippen LogP contribution in [0.2, 0.25) is 0 Å². The van der Waals surface area contributed by atoms with Gasteiger partial charge < -0.3 is 14.6 Å². The van der Waals surface area contributed by atoms with Gasteiger partial charge in [-0.05, 0) is 31.2 Å². The molecule has 0 spiro atoms. The molecule has 0 saturated heterocycles. The van der Waals surface area contributed by atoms with E-state index >= 15 is 0 Å². The fourth-order valence-corrected chi connectivity index (χ4v) is 2.34. The molecule has 2 rings (SSSR count). The van der Waals surface area contributed by atoms with Crippen molar-refractivity contribution in [3.05, 3.63) is 34.7 Å². The zero-order valence-electron chi connectivity index (χ0n) is 9.47. The van der Waals surface area contributed by atoms with Crippen LogP contribution < -0.4 is 4.74 Å². The Morgan fingerprint density at radius 3 is 2.47 bits per heavy atom. The molecule has 17 heavy (non-hydrogen) atoms. The highest BCUT2D eigenvalue weighted by Gasteiger charge is 2.30. The lowest BCUT2D eigenvalue weighted by Gasteiger charge is -2.07. The molecule has 1 heterocycles. The van der Waals surface area contributed by atoms with Crippen molar-refractivity contribution in [3.63, 3.8) is 0 Å². The second kappa shape index (κ2) is 4.81. The van der Waals surface area contributed by atoms with Crippen LogP contribution in [0, 0.1) is 0 Å². The van der Waals surface area contributed by atoms with Crippen LogP contribution in [-0.2, 0) is 9.53 Å². The first-order chi connectivity index (χ1) is 8.11. The van der Waals surface area contributed by atoms with E-state index in [2.05, 4.69) is 0 Å². The minimum atomic E-state index is -1.14. The Labute approximate surface area is 103 Å². The van der Waals surface area contributed by atoms with Crippen LogP contribution in [-0.4, -0.2) is 24.5 Å². The lowest BCUT2D eigenvalue weighted by molar-refractivity contribution is -0.151. The zero-order chi connectivity index (χ0) is 12.4. The van der Waals surface area contributed by atoms with Crippen LogP contribution in [0.15, 0.2) is 39.6 Å². The van der Waals surface area contributed by atoms with E-state index in [4.69, 9.17) is 9.47 Å². The molecule has 5 heteroatoms. The minimum Gasteiger partial charge on any atom is -0.497 e. The SMILES string of the molecule is COc1ccc(SC2=C(C)C(=O)OC2O)cc1. The number of benzene rings is 1. The Kier molecular flexibility index (Phi) is 3.40. The number of cyclic esters (lactones) is 1. The number of esters is 1. The van der Waals surface area contributed by atoms with Gasteiger partial charge in [-0.1, -0.05) is 11.8 Å². The molecule has 1 aliphatic heterocycles. The van der Waals surface area contributed by atoms with Crippen LogP contribution >= 0.6 is 11.8 Å². The van der Waals surface area contributed by atoms with Crippen molar-refractivity contribution in [2.75, 3.05) is 7.11 Å². The fourth-order valence-electron chi connectivity index (χ4n) is 1.43. The van der Waals surface area contributed by atoms with E-state index in [1.165, 1.54) is 11.8 Å². The summed E-state index contributed by atoms with van der Waals surface area (Å²) >= 11 is 1.32. The maximum absolute atomic E-state index is 11.2. The topological polar surface area (TPSA) is 55.8 Å². The van der Waals surface area contributed by atoms with Crippen molar-refractivity contribution in [1.29, 1.82) is 0 Å². The first kappa shape index (κ1) is 12.0. The number of carbonyl (C=O) groups is 1. The number of rotatable bonds is 3. The summed E-state index contributed by atoms with van der Waals surface area (Å²) in [6, 6.07) is 7.36. The van der Waals surface area contributed by atoms with Gasteiger partial charge >= 0.3 is 5.97 Å². The van der Waals surface area contributed by atoms with Gasteiger partial charge in [0.05, 0.1) is 17.6 Å². The molecule has 1 aliphatic rings. The number of hydrogen-bond acceptors (Lipinski definition) is 5. The van der Waals surface area contributed by atoms with Gasteiger partial charge in [-0.15, -0.1) is 0 Å². The van der Waals surface area contributed by atoms with Gasteiger partial charge in [-0.2, -0.15) is 0 Å². The number of carbonyl (C=O) groups excluding carboxylic acids is 1. The van der Waals surface area contributed by atoms with E-state index < -0.39 is 12.3 Å². The van der Waals surface area contributed by atoms with Gasteiger partial charge in [-0.25, -0.2) is 4.79 Å². The summed E-state index contributed by atoms with van der Waals surface area (Å²) in [4.78, 5) is 12.7. The second-order valence-corrected chi connectivity index (χ2v) is 4.64. The zero-order valence-corrected chi connectivity index (χ0v) is 10.3. The van der Waals surface area contributed by atoms with Crippen LogP contribution in [0.4, 0.5) is 0 Å². The van der Waals surface area contributed by atoms with Crippen LogP contribution in [0.25, 0.3) is 0 Å². The predicted molar refractivity (Wildman–Crippen MR) is 63.6 cm³/mol. The molecule has 0 bridgehead atoms. The summed E-state index contributed by atoms with van der Waals surface area (Å²) in [5, 5.41) is 9.55. The maximum atomic E-state index is 11.2. The van der Waals surface area contributed by atoms with Crippen molar-refractivity contribution < 1.29 is 19.4 Å². The first-order valence-corrected chi connectivity index (χ1v) is 5.85. The average Bonchev–Trinajstić information content (AvgIpc) is 2.57. The minimum absolute atomic E-state index is 0.457. The summed E-state index contributed by atoms with van der Waals surface area (Å²) in [5.41, 5.74) is 0.457. The Bertz CT molecular complexity index is 464. The third-order valence-corrected chi connectivity index (χ3v) is 3.64. The Morgan fingerprint density at radius 2 is 2.00 bits per heavy atom. The molecule has 1 aromatic carbocycles. The second-order valence-electron chi connectivity index (χ2n) is 3.52. The first-order valence-electron chi connectivity index (χ1n) is 5.03. The van der Waals surface area contributed by atoms with E-state index in [0.29, 0.717) is 10.5 Å². The summed E-state index contributed by atoms with van der Waals surface area (Å²) in [6.45, 7) is 1.64. The highest BCUT2D eigenvalue weighted by Crippen LogP contribution is 2.36. The molecule has 0 saturated carbocycles. The van der Waals surface area contributed by atoms with E-state index in [9.17, 15) is 9.90 Å². The van der Waals surface area contributed by atoms with Gasteiger partial charge in [0, 0.05) is 4.90 Å². The molecule has 0 amide bonds. The van der Waals surface area contributed by atoms with E-state index in [1.54, 1.807) is 14.0 Å². The Morgan fingerprint density at radius 1 is 1.35 bits per heavy atom. The quantitative estimate of drug-likeness (QED) is 0.833. The van der Waals surface area contributed by atoms with Crippen molar-refractivity contribution in [3.8, 4) is 5.75 Å². The molecule has 90 valence electrons. The van der Waals surface area contributed by atoms with Crippen LogP contribution in [0.3, 0.4) is 0 Å². The monoisotopic (exact) mass is 252 g/mol. The lowest BCUT2D eigenvalue weighted by atomic mass is 10.3. The van der Waals surface area contributed by atoms with Crippen LogP contribution in [0.1, 0.15) is 6.92 Å². The summed E-state index contributed by atoms with van der Waals surface area (Å²) in [7, 11) is 1.60. The molecule has 0 fully saturated rings. The molecule has 0 aliphatic carbocycles. The molecular weight excluding hydrogens is 240 g/mol. The van der Waals surface area contributed by atoms with Crippen molar-refractivity contribution in [2.24, 2.45) is 0 Å². The van der Waals surface area contributed by atoms with Gasteiger partial charge in [0.2, 0.25) is 6.29 Å². The van der Waals surface area contributed by atoms with Gasteiger partial charge in [0.1, 0.15) is 5.75 Å². The van der Waals surface area contributed by atoms with Gasteiger partial charge in [0.15, 0.2) is 0 Å². The third-order valence-electron chi connectivity index (χ3n) is 2.41. The standard InChI is InChI=1S/C12H12O4S/c1-7-10(12(14)16-11(7)13)17-9-5-3-8(15-2)4-6-9/h3-6,12,14H,1-2H3. The average molecular weight is 252 g/mol. The maximum Gasteiger partial charge on any atom is 0.337 e. The normalized spacial score (nSPS) is 19.5. The summed E-state index contributed by atoms with van der Waals surface area (Å²) in [5.74, 6) is 0.299. The molecule has 4 nitrogen and oxygen atoms in total. The largest absolute Gasteiger partial charge is 0.497 e. The Hall–Kier alpha value is -1.46. The number of methoxy groups -OCH3 is 1. The summed E-state index contributed by atoms with van der Waals surface area (Å²) < 4.78 is 9.75. The molecule has 1 N–H and O–H groups in total. The molecule has 1 aromatic rings. The predicted octanol–water partition coefficient (Wildman–Crippen LogP) is 1.94. The highest BCUT2D eigenvalue weighted by atomic mass is 32.2. The molecule has 0 aromatic heterocycles. The number of thioether (sulfide) groups is 1. The van der Waals surface area contributed by atoms with Crippen LogP contribution in [0.5, 0.6) is 5.75 Å². The van der Waals surface area contributed by atoms with Crippen molar-refractivity contribution >= 4 is 17.7 Å². The Balaban J connectivity index is 2.18. The van der Waals surface area contributed by atoms with Crippen molar-refractivity contribution in [1.82, 2.24) is 0 Å². The summed E-state index contributed by atoms with van der Waals surface area (Å²) in [6.07, 6.45) is -1.14. The number of hydrogen-bond donors (Lipinski definition) is 1. The van der Waals surface area contributed by atoms with Gasteiger partial charge in [-0.3, -0.25) is 0 Å². The van der Waals surface area contributed by atoms with Gasteiger partial charge in [0.25, 0.3) is 0 Å². The highest BCUT2D eigenvalue weighted by molar-refractivity contribution is 8.03. The van der Waals surface area contributed by atoms with Crippen molar-refractivity contribution in [2.45, 2.75) is 18.1 Å². The number of aliphatic hydroxyl groups excluding tert-OH is 1. The number of ether oxygens (including phenoxy) is 2. The lowest BCUT2D eigenvalue weighted by Crippen LogP contribution is -2.08. The number of aliphatic hydroxyl groups is 1. The third kappa shape index (κ3) is 2.45. The van der Waals surface area contributed by atoms with E-state index in [1.807, 2.05) is 24.3 Å². The molecule has 1 unspecified atom stereocenters.